The van der Waals surface area contributed by atoms with Crippen molar-refractivity contribution >= 4 is 43.6 Å². The molecule has 6 heteroatoms. The number of hydrogen-bond donors (Lipinski definition) is 0. The van der Waals surface area contributed by atoms with Crippen LogP contribution in [0.4, 0.5) is 0 Å². The van der Waals surface area contributed by atoms with Crippen LogP contribution in [0.5, 0.6) is 0 Å². The monoisotopic (exact) mass is 664 g/mol. The third-order valence-electron chi connectivity index (χ3n) is 9.82. The molecule has 0 saturated carbocycles. The van der Waals surface area contributed by atoms with Gasteiger partial charge in [-0.1, -0.05) is 115 Å². The summed E-state index contributed by atoms with van der Waals surface area (Å²) in [5.74, 6) is 1.71. The Balaban J connectivity index is 1.25. The maximum Gasteiger partial charge on any atom is 0.166 e. The number of rotatable bonds is 5. The molecule has 0 atom stereocenters. The maximum absolute atomic E-state index is 9.86. The Kier molecular flexibility index (Phi) is 6.76. The van der Waals surface area contributed by atoms with Crippen LogP contribution in [0.15, 0.2) is 170 Å². The highest BCUT2D eigenvalue weighted by atomic mass is 15.1. The quantitative estimate of drug-likeness (QED) is 0.184. The molecule has 0 unspecified atom stereocenters. The highest BCUT2D eigenvalue weighted by Crippen LogP contribution is 2.38. The van der Waals surface area contributed by atoms with Crippen molar-refractivity contribution in [3.8, 4) is 51.6 Å². The van der Waals surface area contributed by atoms with E-state index >= 15 is 0 Å². The summed E-state index contributed by atoms with van der Waals surface area (Å²) in [5.41, 5.74) is 9.34. The molecule has 0 fully saturated rings. The van der Waals surface area contributed by atoms with Crippen LogP contribution in [-0.2, 0) is 0 Å². The first kappa shape index (κ1) is 29.5. The molecule has 0 aliphatic carbocycles. The minimum absolute atomic E-state index is 0.554. The van der Waals surface area contributed by atoms with E-state index in [1.807, 2.05) is 72.8 Å². The number of nitrogens with zero attached hydrogens (tertiary/aromatic N) is 6. The molecule has 10 rings (SSSR count). The third-order valence-corrected chi connectivity index (χ3v) is 9.82. The lowest BCUT2D eigenvalue weighted by Gasteiger charge is -2.16. The lowest BCUT2D eigenvalue weighted by Crippen LogP contribution is -2.05. The average Bonchev–Trinajstić information content (AvgIpc) is 3.73. The number of aromatic nitrogens is 5. The highest BCUT2D eigenvalue weighted by Gasteiger charge is 2.21. The SMILES string of the molecule is N#Cc1ccc2c3ccccc3n(-c3ccccc3-c3nc(-c4ccccc4)nc(-c4ccccc4-n4c5ccccc5c5ccccc54)n3)c2c1. The van der Waals surface area contributed by atoms with E-state index in [9.17, 15) is 5.26 Å². The van der Waals surface area contributed by atoms with E-state index in [0.29, 0.717) is 23.0 Å². The van der Waals surface area contributed by atoms with Crippen LogP contribution in [0.25, 0.3) is 89.2 Å². The van der Waals surface area contributed by atoms with Gasteiger partial charge in [0.15, 0.2) is 17.5 Å². The zero-order chi connectivity index (χ0) is 34.6. The molecule has 3 aromatic heterocycles. The van der Waals surface area contributed by atoms with Gasteiger partial charge in [0, 0.05) is 38.2 Å². The van der Waals surface area contributed by atoms with Crippen LogP contribution in [0, 0.1) is 11.3 Å². The summed E-state index contributed by atoms with van der Waals surface area (Å²) < 4.78 is 4.53. The molecule has 0 bridgehead atoms. The van der Waals surface area contributed by atoms with Gasteiger partial charge < -0.3 is 9.13 Å². The molecular weight excluding hydrogens is 637 g/mol. The first-order valence-corrected chi connectivity index (χ1v) is 17.2. The molecule has 6 nitrogen and oxygen atoms in total. The van der Waals surface area contributed by atoms with Gasteiger partial charge in [0.05, 0.1) is 45.1 Å². The average molecular weight is 665 g/mol. The van der Waals surface area contributed by atoms with Gasteiger partial charge in [0.2, 0.25) is 0 Å². The summed E-state index contributed by atoms with van der Waals surface area (Å²) in [5, 5.41) is 14.4. The molecule has 0 spiro atoms. The third kappa shape index (κ3) is 4.61. The molecule has 52 heavy (non-hydrogen) atoms. The molecule has 0 amide bonds. The van der Waals surface area contributed by atoms with Gasteiger partial charge >= 0.3 is 0 Å². The van der Waals surface area contributed by atoms with Crippen molar-refractivity contribution in [2.24, 2.45) is 0 Å². The fourth-order valence-corrected chi connectivity index (χ4v) is 7.53. The Hall–Kier alpha value is -7.36. The maximum atomic E-state index is 9.86. The lowest BCUT2D eigenvalue weighted by molar-refractivity contribution is 1.06. The summed E-state index contributed by atoms with van der Waals surface area (Å²) in [6.07, 6.45) is 0. The summed E-state index contributed by atoms with van der Waals surface area (Å²) in [6.45, 7) is 0. The van der Waals surface area contributed by atoms with E-state index in [1.165, 1.54) is 10.8 Å². The van der Waals surface area contributed by atoms with Crippen LogP contribution in [0.1, 0.15) is 5.56 Å². The Morgan fingerprint density at radius 2 is 0.808 bits per heavy atom. The van der Waals surface area contributed by atoms with E-state index in [-0.39, 0.29) is 0 Å². The second-order valence-electron chi connectivity index (χ2n) is 12.8. The van der Waals surface area contributed by atoms with Crippen molar-refractivity contribution in [1.82, 2.24) is 24.1 Å². The number of hydrogen-bond acceptors (Lipinski definition) is 4. The van der Waals surface area contributed by atoms with E-state index in [2.05, 4.69) is 112 Å². The smallest absolute Gasteiger partial charge is 0.166 e. The molecule has 0 radical (unpaired) electrons. The first-order chi connectivity index (χ1) is 25.8. The predicted octanol–water partition coefficient (Wildman–Crippen LogP) is 10.9. The predicted molar refractivity (Wildman–Crippen MR) is 210 cm³/mol. The Bertz CT molecular complexity index is 2980. The highest BCUT2D eigenvalue weighted by molar-refractivity contribution is 6.11. The van der Waals surface area contributed by atoms with E-state index < -0.39 is 0 Å². The van der Waals surface area contributed by atoms with Crippen LogP contribution < -0.4 is 0 Å². The van der Waals surface area contributed by atoms with Gasteiger partial charge in [-0.2, -0.15) is 5.26 Å². The molecule has 7 aromatic carbocycles. The van der Waals surface area contributed by atoms with Gasteiger partial charge in [-0.25, -0.2) is 15.0 Å². The Labute approximate surface area is 299 Å². The molecule has 0 aliphatic rings. The fraction of sp³-hybridized carbons (Fsp3) is 0. The van der Waals surface area contributed by atoms with Crippen LogP contribution in [-0.4, -0.2) is 24.1 Å². The summed E-state index contributed by atoms with van der Waals surface area (Å²) >= 11 is 0. The topological polar surface area (TPSA) is 72.3 Å². The van der Waals surface area contributed by atoms with Crippen molar-refractivity contribution in [3.63, 3.8) is 0 Å². The van der Waals surface area contributed by atoms with Crippen molar-refractivity contribution in [2.45, 2.75) is 0 Å². The minimum atomic E-state index is 0.554. The first-order valence-electron chi connectivity index (χ1n) is 17.2. The van der Waals surface area contributed by atoms with E-state index in [0.717, 1.165) is 60.9 Å². The second-order valence-corrected chi connectivity index (χ2v) is 12.8. The van der Waals surface area contributed by atoms with Crippen molar-refractivity contribution in [3.05, 3.63) is 175 Å². The zero-order valence-electron chi connectivity index (χ0n) is 27.8. The number of nitriles is 1. The summed E-state index contributed by atoms with van der Waals surface area (Å²) in [7, 11) is 0. The molecule has 0 aliphatic heterocycles. The zero-order valence-corrected chi connectivity index (χ0v) is 27.8. The molecule has 0 saturated heterocycles. The van der Waals surface area contributed by atoms with Crippen LogP contribution >= 0.6 is 0 Å². The molecule has 3 heterocycles. The van der Waals surface area contributed by atoms with E-state index in [1.54, 1.807) is 0 Å². The van der Waals surface area contributed by atoms with Gasteiger partial charge in [0.25, 0.3) is 0 Å². The summed E-state index contributed by atoms with van der Waals surface area (Å²) in [6, 6.07) is 60.2. The molecule has 0 N–H and O–H groups in total. The Morgan fingerprint density at radius 1 is 0.385 bits per heavy atom. The van der Waals surface area contributed by atoms with E-state index in [4.69, 9.17) is 15.0 Å². The van der Waals surface area contributed by atoms with Crippen LogP contribution in [0.2, 0.25) is 0 Å². The number of para-hydroxylation sites is 5. The number of benzene rings is 7. The molecular formula is C46H28N6. The van der Waals surface area contributed by atoms with Gasteiger partial charge in [-0.05, 0) is 54.6 Å². The standard InChI is InChI=1S/C46H28N6/c47-29-30-26-27-35-34-18-6-11-23-40(34)52(43(35)28-30)42-25-13-8-20-37(42)46-49-44(31-14-2-1-3-15-31)48-45(50-46)36-19-7-12-24-41(36)51-38-21-9-4-16-32(38)33-17-5-10-22-39(33)51/h1-28H. The Morgan fingerprint density at radius 3 is 1.35 bits per heavy atom. The van der Waals surface area contributed by atoms with Crippen LogP contribution in [0.3, 0.4) is 0 Å². The largest absolute Gasteiger partial charge is 0.309 e. The van der Waals surface area contributed by atoms with Gasteiger partial charge in [-0.3, -0.25) is 0 Å². The normalized spacial score (nSPS) is 11.4. The fourth-order valence-electron chi connectivity index (χ4n) is 7.53. The van der Waals surface area contributed by atoms with Crippen molar-refractivity contribution in [2.75, 3.05) is 0 Å². The number of fused-ring (bicyclic) bond motifs is 6. The molecule has 242 valence electrons. The second kappa shape index (κ2) is 11.9. The lowest BCUT2D eigenvalue weighted by atomic mass is 10.1. The molecule has 10 aromatic rings. The van der Waals surface area contributed by atoms with Gasteiger partial charge in [-0.15, -0.1) is 0 Å². The summed E-state index contributed by atoms with van der Waals surface area (Å²) in [4.78, 5) is 15.6. The van der Waals surface area contributed by atoms with Crippen molar-refractivity contribution in [1.29, 1.82) is 5.26 Å². The van der Waals surface area contributed by atoms with Gasteiger partial charge in [0.1, 0.15) is 0 Å². The van der Waals surface area contributed by atoms with Crippen molar-refractivity contribution < 1.29 is 0 Å². The minimum Gasteiger partial charge on any atom is -0.309 e.